The van der Waals surface area contributed by atoms with Crippen LogP contribution in [0.25, 0.3) is 0 Å². The summed E-state index contributed by atoms with van der Waals surface area (Å²) < 4.78 is 0. The Kier molecular flexibility index (Phi) is 7.79. The number of hydrogen-bond acceptors (Lipinski definition) is 6. The molecular formula is C15H30N6. The molecule has 0 aromatic carbocycles. The maximum absolute atomic E-state index is 4.51. The predicted molar refractivity (Wildman–Crippen MR) is 90.1 cm³/mol. The summed E-state index contributed by atoms with van der Waals surface area (Å²) in [5.74, 6) is 2.76. The summed E-state index contributed by atoms with van der Waals surface area (Å²) in [6.07, 6.45) is 3.64. The minimum atomic E-state index is 0.608. The van der Waals surface area contributed by atoms with Gasteiger partial charge in [-0.15, -0.1) is 0 Å². The summed E-state index contributed by atoms with van der Waals surface area (Å²) in [7, 11) is 1.83. The normalized spacial score (nSPS) is 10.8. The molecule has 21 heavy (non-hydrogen) atoms. The van der Waals surface area contributed by atoms with E-state index in [1.165, 1.54) is 12.8 Å². The topological polar surface area (TPSA) is 66.0 Å². The second-order valence-electron chi connectivity index (χ2n) is 5.52. The third kappa shape index (κ3) is 6.14. The highest BCUT2D eigenvalue weighted by Gasteiger charge is 2.10. The Hall–Kier alpha value is -1.59. The van der Waals surface area contributed by atoms with Crippen LogP contribution >= 0.6 is 0 Å². The fourth-order valence-corrected chi connectivity index (χ4v) is 2.08. The highest BCUT2D eigenvalue weighted by molar-refractivity contribution is 5.43. The molecule has 0 spiro atoms. The van der Waals surface area contributed by atoms with Crippen molar-refractivity contribution in [2.24, 2.45) is 5.92 Å². The molecule has 0 atom stereocenters. The lowest BCUT2D eigenvalue weighted by molar-refractivity contribution is 0.544. The molecule has 2 N–H and O–H groups in total. The molecule has 1 rings (SSSR count). The van der Waals surface area contributed by atoms with Gasteiger partial charge in [-0.25, -0.2) is 0 Å². The Bertz CT molecular complexity index is 403. The van der Waals surface area contributed by atoms with Crippen LogP contribution in [0, 0.1) is 5.92 Å². The van der Waals surface area contributed by atoms with Crippen LogP contribution in [0.1, 0.15) is 47.0 Å². The van der Waals surface area contributed by atoms with Crippen molar-refractivity contribution in [1.29, 1.82) is 0 Å². The highest BCUT2D eigenvalue weighted by Crippen LogP contribution is 2.13. The zero-order valence-electron chi connectivity index (χ0n) is 14.1. The van der Waals surface area contributed by atoms with Gasteiger partial charge in [0.15, 0.2) is 0 Å². The molecule has 0 unspecified atom stereocenters. The molecule has 0 aliphatic heterocycles. The van der Waals surface area contributed by atoms with Gasteiger partial charge in [0, 0.05) is 26.7 Å². The first-order chi connectivity index (χ1) is 10.1. The number of nitrogens with one attached hydrogen (secondary N) is 2. The van der Waals surface area contributed by atoms with Gasteiger partial charge >= 0.3 is 0 Å². The maximum atomic E-state index is 4.51. The van der Waals surface area contributed by atoms with Gasteiger partial charge in [0.2, 0.25) is 17.8 Å². The van der Waals surface area contributed by atoms with Crippen molar-refractivity contribution in [2.45, 2.75) is 47.0 Å². The molecule has 0 aliphatic rings. The minimum Gasteiger partial charge on any atom is -0.357 e. The molecule has 0 aliphatic carbocycles. The van der Waals surface area contributed by atoms with Gasteiger partial charge in [-0.3, -0.25) is 0 Å². The number of hydrogen-bond donors (Lipinski definition) is 2. The van der Waals surface area contributed by atoms with Crippen molar-refractivity contribution in [3.8, 4) is 0 Å². The summed E-state index contributed by atoms with van der Waals surface area (Å²) in [5.41, 5.74) is 0. The summed E-state index contributed by atoms with van der Waals surface area (Å²) >= 11 is 0. The largest absolute Gasteiger partial charge is 0.357 e. The Balaban J connectivity index is 2.62. The Morgan fingerprint density at radius 2 is 1.67 bits per heavy atom. The fraction of sp³-hybridized carbons (Fsp3) is 0.800. The predicted octanol–water partition coefficient (Wildman–Crippen LogP) is 3.00. The van der Waals surface area contributed by atoms with Crippen LogP contribution in [-0.4, -0.2) is 41.6 Å². The van der Waals surface area contributed by atoms with E-state index in [0.717, 1.165) is 37.9 Å². The van der Waals surface area contributed by atoms with Crippen LogP contribution in [0.15, 0.2) is 0 Å². The molecule has 0 saturated heterocycles. The van der Waals surface area contributed by atoms with E-state index < -0.39 is 0 Å². The van der Waals surface area contributed by atoms with Crippen LogP contribution in [-0.2, 0) is 0 Å². The highest BCUT2D eigenvalue weighted by atomic mass is 15.3. The standard InChI is InChI=1S/C15H30N6/c1-6-21(7-2)15-19-13(16-5)18-14(20-15)17-11-9-8-10-12(3)4/h12H,6-11H2,1-5H3,(H2,16,17,18,19,20). The van der Waals surface area contributed by atoms with Crippen molar-refractivity contribution in [3.63, 3.8) is 0 Å². The number of unbranched alkanes of at least 4 members (excludes halogenated alkanes) is 1. The Morgan fingerprint density at radius 3 is 2.24 bits per heavy atom. The monoisotopic (exact) mass is 294 g/mol. The fourth-order valence-electron chi connectivity index (χ4n) is 2.08. The van der Waals surface area contributed by atoms with E-state index in [2.05, 4.69) is 58.2 Å². The first kappa shape index (κ1) is 17.5. The minimum absolute atomic E-state index is 0.608. The smallest absolute Gasteiger partial charge is 0.231 e. The summed E-state index contributed by atoms with van der Waals surface area (Å²) in [6.45, 7) is 11.4. The van der Waals surface area contributed by atoms with Crippen molar-refractivity contribution in [3.05, 3.63) is 0 Å². The first-order valence-corrected chi connectivity index (χ1v) is 8.03. The SMILES string of the molecule is CCN(CC)c1nc(NC)nc(NCCCCC(C)C)n1. The molecule has 0 fully saturated rings. The van der Waals surface area contributed by atoms with Crippen LogP contribution < -0.4 is 15.5 Å². The zero-order valence-corrected chi connectivity index (χ0v) is 14.1. The molecule has 1 aromatic heterocycles. The van der Waals surface area contributed by atoms with Gasteiger partial charge in [0.05, 0.1) is 0 Å². The summed E-state index contributed by atoms with van der Waals surface area (Å²) in [4.78, 5) is 15.4. The van der Waals surface area contributed by atoms with E-state index in [-0.39, 0.29) is 0 Å². The van der Waals surface area contributed by atoms with Crippen LogP contribution in [0.4, 0.5) is 17.8 Å². The van der Waals surface area contributed by atoms with Gasteiger partial charge in [-0.1, -0.05) is 26.7 Å². The molecule has 6 heteroatoms. The first-order valence-electron chi connectivity index (χ1n) is 8.03. The number of anilines is 3. The van der Waals surface area contributed by atoms with E-state index in [1.54, 1.807) is 0 Å². The van der Waals surface area contributed by atoms with Gasteiger partial charge in [-0.2, -0.15) is 15.0 Å². The van der Waals surface area contributed by atoms with E-state index in [1.807, 2.05) is 7.05 Å². The van der Waals surface area contributed by atoms with Crippen LogP contribution in [0.5, 0.6) is 0 Å². The number of aromatic nitrogens is 3. The van der Waals surface area contributed by atoms with Gasteiger partial charge in [0.1, 0.15) is 0 Å². The van der Waals surface area contributed by atoms with Crippen molar-refractivity contribution < 1.29 is 0 Å². The molecule has 0 amide bonds. The van der Waals surface area contributed by atoms with Crippen molar-refractivity contribution in [2.75, 3.05) is 42.2 Å². The zero-order chi connectivity index (χ0) is 15.7. The lowest BCUT2D eigenvalue weighted by Crippen LogP contribution is -2.25. The average Bonchev–Trinajstić information content (AvgIpc) is 2.47. The summed E-state index contributed by atoms with van der Waals surface area (Å²) in [5, 5.41) is 6.31. The van der Waals surface area contributed by atoms with E-state index in [9.17, 15) is 0 Å². The van der Waals surface area contributed by atoms with Gasteiger partial charge < -0.3 is 15.5 Å². The van der Waals surface area contributed by atoms with E-state index >= 15 is 0 Å². The molecule has 0 bridgehead atoms. The Labute approximate surface area is 128 Å². The second kappa shape index (κ2) is 9.37. The van der Waals surface area contributed by atoms with Crippen molar-refractivity contribution >= 4 is 17.8 Å². The summed E-state index contributed by atoms with van der Waals surface area (Å²) in [6, 6.07) is 0. The maximum Gasteiger partial charge on any atom is 0.231 e. The van der Waals surface area contributed by atoms with E-state index in [0.29, 0.717) is 11.9 Å². The molecule has 0 radical (unpaired) electrons. The molecule has 1 heterocycles. The average molecular weight is 294 g/mol. The third-order valence-electron chi connectivity index (χ3n) is 3.38. The van der Waals surface area contributed by atoms with Crippen LogP contribution in [0.3, 0.4) is 0 Å². The quantitative estimate of drug-likeness (QED) is 0.647. The second-order valence-corrected chi connectivity index (χ2v) is 5.52. The number of rotatable bonds is 10. The molecule has 1 aromatic rings. The lowest BCUT2D eigenvalue weighted by atomic mass is 10.1. The van der Waals surface area contributed by atoms with E-state index in [4.69, 9.17) is 0 Å². The molecule has 120 valence electrons. The number of nitrogens with zero attached hydrogens (tertiary/aromatic N) is 4. The van der Waals surface area contributed by atoms with Gasteiger partial charge in [-0.05, 0) is 26.2 Å². The Morgan fingerprint density at radius 1 is 1.00 bits per heavy atom. The molecule has 0 saturated carbocycles. The lowest BCUT2D eigenvalue weighted by Gasteiger charge is -2.19. The van der Waals surface area contributed by atoms with Gasteiger partial charge in [0.25, 0.3) is 0 Å². The van der Waals surface area contributed by atoms with Crippen LogP contribution in [0.2, 0.25) is 0 Å². The molecular weight excluding hydrogens is 264 g/mol. The van der Waals surface area contributed by atoms with Crippen molar-refractivity contribution in [1.82, 2.24) is 15.0 Å². The molecule has 6 nitrogen and oxygen atoms in total. The third-order valence-corrected chi connectivity index (χ3v) is 3.38.